The van der Waals surface area contributed by atoms with Crippen LogP contribution in [0.4, 0.5) is 0 Å². The number of likely N-dealkylation sites (tertiary alicyclic amines) is 1. The summed E-state index contributed by atoms with van der Waals surface area (Å²) in [7, 11) is 0. The van der Waals surface area contributed by atoms with E-state index in [4.69, 9.17) is 4.74 Å². The third-order valence-electron chi connectivity index (χ3n) is 5.28. The quantitative estimate of drug-likeness (QED) is 0.635. The summed E-state index contributed by atoms with van der Waals surface area (Å²) in [6.07, 6.45) is 0.996. The van der Waals surface area contributed by atoms with Crippen LogP contribution < -0.4 is 0 Å². The average Bonchev–Trinajstić information content (AvgIpc) is 3.27. The highest BCUT2D eigenvalue weighted by Gasteiger charge is 2.31. The number of fused-ring (bicyclic) bond motifs is 1. The maximum atomic E-state index is 13.0. The highest BCUT2D eigenvalue weighted by atomic mass is 16.5. The first-order valence-electron chi connectivity index (χ1n) is 9.82. The van der Waals surface area contributed by atoms with Crippen LogP contribution >= 0.6 is 0 Å². The standard InChI is InChI=1S/C23H23N3O3/c1-15-16(2)25-20-14-18(10-11-19(20)24-15)23(28)29-21(17-8-4-3-5-9-17)22(27)26-12-6-7-13-26/h3-5,8-11,14,21H,6-7,12-13H2,1-2H3/t21-/m1/s1. The van der Waals surface area contributed by atoms with Crippen molar-refractivity contribution in [1.82, 2.24) is 14.9 Å². The van der Waals surface area contributed by atoms with Crippen molar-refractivity contribution in [2.75, 3.05) is 13.1 Å². The molecule has 1 atom stereocenters. The monoisotopic (exact) mass is 389 g/mol. The van der Waals surface area contributed by atoms with E-state index >= 15 is 0 Å². The van der Waals surface area contributed by atoms with Gasteiger partial charge < -0.3 is 9.64 Å². The largest absolute Gasteiger partial charge is 0.444 e. The lowest BCUT2D eigenvalue weighted by Gasteiger charge is -2.23. The molecule has 0 saturated carbocycles. The van der Waals surface area contributed by atoms with Crippen molar-refractivity contribution in [3.8, 4) is 0 Å². The molecular weight excluding hydrogens is 366 g/mol. The Morgan fingerprint density at radius 1 is 0.931 bits per heavy atom. The van der Waals surface area contributed by atoms with Gasteiger partial charge >= 0.3 is 5.97 Å². The van der Waals surface area contributed by atoms with Crippen LogP contribution in [0.1, 0.15) is 46.3 Å². The van der Waals surface area contributed by atoms with Crippen molar-refractivity contribution in [3.05, 3.63) is 71.0 Å². The molecule has 0 aliphatic carbocycles. The highest BCUT2D eigenvalue weighted by Crippen LogP contribution is 2.25. The second kappa shape index (κ2) is 7.99. The molecule has 1 amide bonds. The Morgan fingerprint density at radius 2 is 1.59 bits per heavy atom. The minimum atomic E-state index is -0.955. The van der Waals surface area contributed by atoms with E-state index in [1.807, 2.05) is 44.2 Å². The zero-order chi connectivity index (χ0) is 20.4. The van der Waals surface area contributed by atoms with Gasteiger partial charge in [-0.15, -0.1) is 0 Å². The third kappa shape index (κ3) is 3.97. The van der Waals surface area contributed by atoms with Crippen LogP contribution in [0.25, 0.3) is 11.0 Å². The zero-order valence-electron chi connectivity index (χ0n) is 16.6. The Balaban J connectivity index is 1.63. The fraction of sp³-hybridized carbons (Fsp3) is 0.304. The van der Waals surface area contributed by atoms with Gasteiger partial charge in [-0.3, -0.25) is 4.79 Å². The van der Waals surface area contributed by atoms with E-state index in [0.717, 1.165) is 29.7 Å². The molecule has 0 spiro atoms. The summed E-state index contributed by atoms with van der Waals surface area (Å²) in [4.78, 5) is 36.7. The molecule has 3 aromatic rings. The van der Waals surface area contributed by atoms with Crippen LogP contribution in [0.2, 0.25) is 0 Å². The Labute approximate surface area is 169 Å². The van der Waals surface area contributed by atoms with Crippen molar-refractivity contribution in [3.63, 3.8) is 0 Å². The number of hydrogen-bond donors (Lipinski definition) is 0. The molecule has 6 heteroatoms. The number of esters is 1. The number of aryl methyl sites for hydroxylation is 2. The van der Waals surface area contributed by atoms with Crippen LogP contribution in [0, 0.1) is 13.8 Å². The zero-order valence-corrected chi connectivity index (χ0v) is 16.6. The highest BCUT2D eigenvalue weighted by molar-refractivity contribution is 5.95. The Hall–Kier alpha value is -3.28. The molecule has 148 valence electrons. The topological polar surface area (TPSA) is 72.4 Å². The lowest BCUT2D eigenvalue weighted by atomic mass is 10.1. The summed E-state index contributed by atoms with van der Waals surface area (Å²) < 4.78 is 5.72. The number of hydrogen-bond acceptors (Lipinski definition) is 5. The van der Waals surface area contributed by atoms with Crippen molar-refractivity contribution < 1.29 is 14.3 Å². The first-order chi connectivity index (χ1) is 14.0. The summed E-state index contributed by atoms with van der Waals surface area (Å²) in [5.41, 5.74) is 4.04. The summed E-state index contributed by atoms with van der Waals surface area (Å²) >= 11 is 0. The summed E-state index contributed by atoms with van der Waals surface area (Å²) in [6.45, 7) is 5.18. The van der Waals surface area contributed by atoms with Gasteiger partial charge in [-0.2, -0.15) is 0 Å². The van der Waals surface area contributed by atoms with Gasteiger partial charge in [0.15, 0.2) is 0 Å². The van der Waals surface area contributed by atoms with Crippen molar-refractivity contribution in [2.24, 2.45) is 0 Å². The first kappa shape index (κ1) is 19.1. The molecule has 2 aromatic carbocycles. The molecular formula is C23H23N3O3. The molecule has 0 radical (unpaired) electrons. The number of carbonyl (C=O) groups excluding carboxylic acids is 2. The predicted molar refractivity (Wildman–Crippen MR) is 109 cm³/mol. The van der Waals surface area contributed by atoms with Gasteiger partial charge in [0.2, 0.25) is 6.10 Å². The number of benzene rings is 2. The lowest BCUT2D eigenvalue weighted by Crippen LogP contribution is -2.34. The molecule has 0 N–H and O–H groups in total. The normalized spacial score (nSPS) is 14.8. The van der Waals surface area contributed by atoms with E-state index < -0.39 is 12.1 Å². The predicted octanol–water partition coefficient (Wildman–Crippen LogP) is 3.77. The van der Waals surface area contributed by atoms with Gasteiger partial charge in [-0.25, -0.2) is 14.8 Å². The van der Waals surface area contributed by atoms with Gasteiger partial charge in [0.25, 0.3) is 5.91 Å². The smallest absolute Gasteiger partial charge is 0.339 e. The molecule has 6 nitrogen and oxygen atoms in total. The number of ether oxygens (including phenoxy) is 1. The van der Waals surface area contributed by atoms with Crippen LogP contribution in [-0.4, -0.2) is 39.8 Å². The van der Waals surface area contributed by atoms with E-state index in [0.29, 0.717) is 29.7 Å². The number of rotatable bonds is 4. The molecule has 1 aromatic heterocycles. The second-order valence-electron chi connectivity index (χ2n) is 7.33. The summed E-state index contributed by atoms with van der Waals surface area (Å²) in [5, 5.41) is 0. The maximum absolute atomic E-state index is 13.0. The fourth-order valence-corrected chi connectivity index (χ4v) is 3.52. The van der Waals surface area contributed by atoms with E-state index in [9.17, 15) is 9.59 Å². The summed E-state index contributed by atoms with van der Waals surface area (Å²) in [5.74, 6) is -0.720. The van der Waals surface area contributed by atoms with Crippen molar-refractivity contribution >= 4 is 22.9 Å². The minimum Gasteiger partial charge on any atom is -0.444 e. The maximum Gasteiger partial charge on any atom is 0.339 e. The second-order valence-corrected chi connectivity index (χ2v) is 7.33. The van der Waals surface area contributed by atoms with Gasteiger partial charge in [0.1, 0.15) is 0 Å². The number of amides is 1. The fourth-order valence-electron chi connectivity index (χ4n) is 3.52. The molecule has 2 heterocycles. The number of nitrogens with zero attached hydrogens (tertiary/aromatic N) is 3. The molecule has 4 rings (SSSR count). The van der Waals surface area contributed by atoms with E-state index in [1.165, 1.54) is 0 Å². The van der Waals surface area contributed by atoms with Gasteiger partial charge in [-0.05, 0) is 44.9 Å². The molecule has 1 saturated heterocycles. The van der Waals surface area contributed by atoms with Crippen LogP contribution in [-0.2, 0) is 9.53 Å². The molecule has 29 heavy (non-hydrogen) atoms. The summed E-state index contributed by atoms with van der Waals surface area (Å²) in [6, 6.07) is 14.2. The third-order valence-corrected chi connectivity index (χ3v) is 5.28. The van der Waals surface area contributed by atoms with Crippen LogP contribution in [0.15, 0.2) is 48.5 Å². The lowest BCUT2D eigenvalue weighted by molar-refractivity contribution is -0.140. The van der Waals surface area contributed by atoms with E-state index in [-0.39, 0.29) is 5.91 Å². The molecule has 0 bridgehead atoms. The number of carbonyl (C=O) groups is 2. The molecule has 1 aliphatic heterocycles. The van der Waals surface area contributed by atoms with Gasteiger partial charge in [0.05, 0.1) is 28.0 Å². The first-order valence-corrected chi connectivity index (χ1v) is 9.82. The van der Waals surface area contributed by atoms with E-state index in [2.05, 4.69) is 9.97 Å². The van der Waals surface area contributed by atoms with Crippen LogP contribution in [0.3, 0.4) is 0 Å². The Kier molecular flexibility index (Phi) is 5.25. The van der Waals surface area contributed by atoms with Crippen LogP contribution in [0.5, 0.6) is 0 Å². The Morgan fingerprint density at radius 3 is 2.28 bits per heavy atom. The minimum absolute atomic E-state index is 0.172. The SMILES string of the molecule is Cc1nc2ccc(C(=O)O[C@@H](C(=O)N3CCCC3)c3ccccc3)cc2nc1C. The van der Waals surface area contributed by atoms with Crippen molar-refractivity contribution in [1.29, 1.82) is 0 Å². The van der Waals surface area contributed by atoms with Gasteiger partial charge in [-0.1, -0.05) is 30.3 Å². The average molecular weight is 389 g/mol. The number of aromatic nitrogens is 2. The Bertz CT molecular complexity index is 1060. The van der Waals surface area contributed by atoms with Gasteiger partial charge in [0, 0.05) is 18.7 Å². The molecule has 1 fully saturated rings. The molecule has 0 unspecified atom stereocenters. The van der Waals surface area contributed by atoms with E-state index in [1.54, 1.807) is 23.1 Å². The van der Waals surface area contributed by atoms with Crippen molar-refractivity contribution in [2.45, 2.75) is 32.8 Å². The molecule has 1 aliphatic rings.